The number of nitrogens with one attached hydrogen (secondary N) is 2. The minimum atomic E-state index is -0.147. The largest absolute Gasteiger partial charge is 0.369 e. The number of H-pyrrole nitrogens is 1. The summed E-state index contributed by atoms with van der Waals surface area (Å²) in [7, 11) is 0. The number of nitrogens with zero attached hydrogens (tertiary/aromatic N) is 4. The number of imidazole rings is 2. The van der Waals surface area contributed by atoms with E-state index in [0.717, 1.165) is 16.9 Å². The molecule has 0 bridgehead atoms. The Hall–Kier alpha value is -2.80. The van der Waals surface area contributed by atoms with Crippen molar-refractivity contribution in [1.29, 1.82) is 0 Å². The molecule has 0 atom stereocenters. The van der Waals surface area contributed by atoms with E-state index in [1.54, 1.807) is 29.1 Å². The van der Waals surface area contributed by atoms with Crippen molar-refractivity contribution in [3.63, 3.8) is 0 Å². The van der Waals surface area contributed by atoms with Gasteiger partial charge in [0.1, 0.15) is 5.82 Å². The molecule has 2 N–H and O–H groups in total. The second-order valence-electron chi connectivity index (χ2n) is 5.10. The lowest BCUT2D eigenvalue weighted by Crippen LogP contribution is -2.21. The first-order chi connectivity index (χ1) is 11.2. The van der Waals surface area contributed by atoms with Gasteiger partial charge in [-0.05, 0) is 24.3 Å². The van der Waals surface area contributed by atoms with Gasteiger partial charge in [0, 0.05) is 36.7 Å². The van der Waals surface area contributed by atoms with Crippen LogP contribution < -0.4 is 11.0 Å². The molecule has 0 amide bonds. The lowest BCUT2D eigenvalue weighted by Gasteiger charge is -2.09. The molecular weight excluding hydrogens is 316 g/mol. The summed E-state index contributed by atoms with van der Waals surface area (Å²) in [5.74, 6) is 1.51. The third-order valence-electron chi connectivity index (χ3n) is 3.68. The standard InChI is InChI=1S/C15H13ClN6O/c16-10-1-2-12-11(9-10)20-15(23)21(12)7-5-17-13-3-4-18-14-19-6-8-22(13)14/h1-4,6,8-9,17H,5,7H2,(H,20,23). The Bertz CT molecular complexity index is 1050. The highest BCUT2D eigenvalue weighted by Gasteiger charge is 2.07. The van der Waals surface area contributed by atoms with E-state index in [2.05, 4.69) is 20.3 Å². The maximum absolute atomic E-state index is 12.1. The SMILES string of the molecule is O=c1[nH]c2cc(Cl)ccc2n1CCNc1ccnc2nccn12. The molecule has 3 heterocycles. The van der Waals surface area contributed by atoms with Crippen molar-refractivity contribution in [3.8, 4) is 0 Å². The van der Waals surface area contributed by atoms with E-state index >= 15 is 0 Å². The summed E-state index contributed by atoms with van der Waals surface area (Å²) >= 11 is 5.95. The Morgan fingerprint density at radius 1 is 1.22 bits per heavy atom. The molecule has 0 radical (unpaired) electrons. The van der Waals surface area contributed by atoms with Crippen molar-refractivity contribution in [1.82, 2.24) is 23.9 Å². The van der Waals surface area contributed by atoms with Crippen molar-refractivity contribution in [2.75, 3.05) is 11.9 Å². The van der Waals surface area contributed by atoms with Crippen molar-refractivity contribution in [2.24, 2.45) is 0 Å². The average Bonchev–Trinajstić information content (AvgIpc) is 3.12. The fourth-order valence-corrected chi connectivity index (χ4v) is 2.80. The predicted molar refractivity (Wildman–Crippen MR) is 89.0 cm³/mol. The van der Waals surface area contributed by atoms with Crippen LogP contribution in [0.3, 0.4) is 0 Å². The number of aromatic nitrogens is 5. The molecule has 0 saturated heterocycles. The normalized spacial score (nSPS) is 11.3. The summed E-state index contributed by atoms with van der Waals surface area (Å²) in [6.07, 6.45) is 5.23. The summed E-state index contributed by atoms with van der Waals surface area (Å²) in [5, 5.41) is 3.90. The average molecular weight is 329 g/mol. The van der Waals surface area contributed by atoms with E-state index in [0.29, 0.717) is 23.9 Å². The van der Waals surface area contributed by atoms with Crippen LogP contribution in [0.2, 0.25) is 5.02 Å². The number of rotatable bonds is 4. The number of aromatic amines is 1. The summed E-state index contributed by atoms with van der Waals surface area (Å²) in [6, 6.07) is 7.24. The van der Waals surface area contributed by atoms with Gasteiger partial charge in [0.15, 0.2) is 0 Å². The lowest BCUT2D eigenvalue weighted by molar-refractivity contribution is 0.718. The van der Waals surface area contributed by atoms with Gasteiger partial charge in [-0.25, -0.2) is 14.8 Å². The van der Waals surface area contributed by atoms with E-state index < -0.39 is 0 Å². The smallest absolute Gasteiger partial charge is 0.326 e. The van der Waals surface area contributed by atoms with Crippen LogP contribution >= 0.6 is 11.6 Å². The Morgan fingerprint density at radius 2 is 2.09 bits per heavy atom. The molecule has 4 aromatic rings. The Morgan fingerprint density at radius 3 is 3.00 bits per heavy atom. The van der Waals surface area contributed by atoms with Crippen molar-refractivity contribution >= 4 is 34.2 Å². The summed E-state index contributed by atoms with van der Waals surface area (Å²) < 4.78 is 3.54. The molecule has 23 heavy (non-hydrogen) atoms. The van der Waals surface area contributed by atoms with E-state index in [4.69, 9.17) is 11.6 Å². The molecule has 0 spiro atoms. The van der Waals surface area contributed by atoms with Gasteiger partial charge in [-0.2, -0.15) is 0 Å². The molecule has 3 aromatic heterocycles. The van der Waals surface area contributed by atoms with E-state index in [1.807, 2.05) is 22.7 Å². The highest BCUT2D eigenvalue weighted by Crippen LogP contribution is 2.16. The first kappa shape index (κ1) is 13.8. The van der Waals surface area contributed by atoms with Gasteiger partial charge in [0.05, 0.1) is 11.0 Å². The molecule has 116 valence electrons. The fraction of sp³-hybridized carbons (Fsp3) is 0.133. The zero-order valence-corrected chi connectivity index (χ0v) is 12.8. The highest BCUT2D eigenvalue weighted by molar-refractivity contribution is 6.31. The molecule has 0 saturated carbocycles. The Balaban J connectivity index is 1.57. The molecule has 0 aliphatic rings. The van der Waals surface area contributed by atoms with Gasteiger partial charge in [-0.3, -0.25) is 8.97 Å². The first-order valence-corrected chi connectivity index (χ1v) is 7.50. The number of anilines is 1. The zero-order valence-electron chi connectivity index (χ0n) is 12.0. The highest BCUT2D eigenvalue weighted by atomic mass is 35.5. The van der Waals surface area contributed by atoms with Gasteiger partial charge >= 0.3 is 5.69 Å². The minimum absolute atomic E-state index is 0.147. The van der Waals surface area contributed by atoms with E-state index in [9.17, 15) is 4.79 Å². The Labute approximate surface area is 135 Å². The molecule has 1 aromatic carbocycles. The van der Waals surface area contributed by atoms with E-state index in [-0.39, 0.29) is 5.69 Å². The molecule has 0 aliphatic heterocycles. The first-order valence-electron chi connectivity index (χ1n) is 7.12. The van der Waals surface area contributed by atoms with Gasteiger partial charge in [0.2, 0.25) is 5.78 Å². The van der Waals surface area contributed by atoms with Crippen LogP contribution in [-0.4, -0.2) is 30.5 Å². The van der Waals surface area contributed by atoms with Crippen LogP contribution in [0.25, 0.3) is 16.8 Å². The molecule has 0 unspecified atom stereocenters. The minimum Gasteiger partial charge on any atom is -0.369 e. The summed E-state index contributed by atoms with van der Waals surface area (Å²) in [5.41, 5.74) is 1.43. The maximum atomic E-state index is 12.1. The number of fused-ring (bicyclic) bond motifs is 2. The fourth-order valence-electron chi connectivity index (χ4n) is 2.63. The molecule has 0 fully saturated rings. The molecule has 4 rings (SSSR count). The molecule has 7 nitrogen and oxygen atoms in total. The van der Waals surface area contributed by atoms with E-state index in [1.165, 1.54) is 0 Å². The van der Waals surface area contributed by atoms with Gasteiger partial charge in [-0.1, -0.05) is 11.6 Å². The van der Waals surface area contributed by atoms with Crippen LogP contribution in [0, 0.1) is 0 Å². The lowest BCUT2D eigenvalue weighted by atomic mass is 10.3. The maximum Gasteiger partial charge on any atom is 0.326 e. The quantitative estimate of drug-likeness (QED) is 0.601. The summed E-state index contributed by atoms with van der Waals surface area (Å²) in [4.78, 5) is 23.2. The monoisotopic (exact) mass is 328 g/mol. The van der Waals surface area contributed by atoms with Gasteiger partial charge in [-0.15, -0.1) is 0 Å². The van der Waals surface area contributed by atoms with Crippen molar-refractivity contribution < 1.29 is 0 Å². The topological polar surface area (TPSA) is 80.0 Å². The van der Waals surface area contributed by atoms with Gasteiger partial charge < -0.3 is 10.3 Å². The van der Waals surface area contributed by atoms with Gasteiger partial charge in [0.25, 0.3) is 0 Å². The summed E-state index contributed by atoms with van der Waals surface area (Å²) in [6.45, 7) is 1.12. The van der Waals surface area contributed by atoms with Crippen LogP contribution in [0.4, 0.5) is 5.82 Å². The Kier molecular flexibility index (Phi) is 3.27. The second-order valence-corrected chi connectivity index (χ2v) is 5.53. The molecule has 8 heteroatoms. The third kappa shape index (κ3) is 2.44. The van der Waals surface area contributed by atoms with Crippen LogP contribution in [0.15, 0.2) is 47.7 Å². The molecule has 0 aliphatic carbocycles. The van der Waals surface area contributed by atoms with Crippen LogP contribution in [0.1, 0.15) is 0 Å². The number of hydrogen-bond acceptors (Lipinski definition) is 4. The number of hydrogen-bond donors (Lipinski definition) is 2. The van der Waals surface area contributed by atoms with Crippen LogP contribution in [0.5, 0.6) is 0 Å². The third-order valence-corrected chi connectivity index (χ3v) is 3.92. The van der Waals surface area contributed by atoms with Crippen LogP contribution in [-0.2, 0) is 6.54 Å². The molecular formula is C15H13ClN6O. The predicted octanol–water partition coefficient (Wildman–Crippen LogP) is 2.14. The second kappa shape index (κ2) is 5.44. The van der Waals surface area contributed by atoms with Crippen molar-refractivity contribution in [3.05, 3.63) is 58.4 Å². The number of halogens is 1. The van der Waals surface area contributed by atoms with Crippen molar-refractivity contribution in [2.45, 2.75) is 6.54 Å². The zero-order chi connectivity index (χ0) is 15.8. The number of benzene rings is 1.